The van der Waals surface area contributed by atoms with E-state index in [4.69, 9.17) is 4.42 Å². The van der Waals surface area contributed by atoms with Crippen LogP contribution < -0.4 is 5.32 Å². The first kappa shape index (κ1) is 14.6. The topological polar surface area (TPSA) is 28.4 Å². The first-order chi connectivity index (χ1) is 9.13. The molecular weight excluding hydrogens is 236 g/mol. The minimum atomic E-state index is 0.746. The molecule has 0 radical (unpaired) electrons. The SMILES string of the molecule is Cc1ccc(CN(C)CCNC2CCC(C)CC2)o1. The molecule has 1 aliphatic carbocycles. The van der Waals surface area contributed by atoms with E-state index in [-0.39, 0.29) is 0 Å². The van der Waals surface area contributed by atoms with Gasteiger partial charge in [-0.05, 0) is 57.7 Å². The smallest absolute Gasteiger partial charge is 0.118 e. The van der Waals surface area contributed by atoms with Crippen LogP contribution in [0.4, 0.5) is 0 Å². The van der Waals surface area contributed by atoms with Gasteiger partial charge in [-0.15, -0.1) is 0 Å². The van der Waals surface area contributed by atoms with Crippen LogP contribution in [0.5, 0.6) is 0 Å². The predicted octanol–water partition coefficient (Wildman–Crippen LogP) is 3.19. The van der Waals surface area contributed by atoms with Crippen molar-refractivity contribution in [3.8, 4) is 0 Å². The molecular formula is C16H28N2O. The summed E-state index contributed by atoms with van der Waals surface area (Å²) in [5, 5.41) is 3.69. The van der Waals surface area contributed by atoms with Crippen molar-refractivity contribution < 1.29 is 4.42 Å². The van der Waals surface area contributed by atoms with Crippen molar-refractivity contribution in [3.05, 3.63) is 23.7 Å². The van der Waals surface area contributed by atoms with E-state index in [1.807, 2.05) is 13.0 Å². The minimum Gasteiger partial charge on any atom is -0.465 e. The molecule has 1 aromatic heterocycles. The van der Waals surface area contributed by atoms with Crippen LogP contribution >= 0.6 is 0 Å². The molecule has 1 aliphatic rings. The fraction of sp³-hybridized carbons (Fsp3) is 0.750. The lowest BCUT2D eigenvalue weighted by atomic mass is 9.87. The molecule has 108 valence electrons. The molecule has 3 nitrogen and oxygen atoms in total. The summed E-state index contributed by atoms with van der Waals surface area (Å²) in [6.07, 6.45) is 5.48. The molecule has 0 saturated heterocycles. The van der Waals surface area contributed by atoms with E-state index in [0.717, 1.165) is 43.1 Å². The van der Waals surface area contributed by atoms with Gasteiger partial charge in [0.25, 0.3) is 0 Å². The van der Waals surface area contributed by atoms with E-state index in [9.17, 15) is 0 Å². The number of likely N-dealkylation sites (N-methyl/N-ethyl adjacent to an activating group) is 1. The predicted molar refractivity (Wildman–Crippen MR) is 79.2 cm³/mol. The Morgan fingerprint density at radius 1 is 1.26 bits per heavy atom. The van der Waals surface area contributed by atoms with Crippen LogP contribution in [0, 0.1) is 12.8 Å². The maximum atomic E-state index is 5.60. The maximum absolute atomic E-state index is 5.60. The summed E-state index contributed by atoms with van der Waals surface area (Å²) < 4.78 is 5.60. The Balaban J connectivity index is 1.60. The highest BCUT2D eigenvalue weighted by Gasteiger charge is 2.17. The van der Waals surface area contributed by atoms with E-state index in [0.29, 0.717) is 0 Å². The Hall–Kier alpha value is -0.800. The van der Waals surface area contributed by atoms with Gasteiger partial charge < -0.3 is 9.73 Å². The molecule has 1 fully saturated rings. The lowest BCUT2D eigenvalue weighted by Gasteiger charge is -2.27. The highest BCUT2D eigenvalue weighted by atomic mass is 16.3. The Labute approximate surface area is 117 Å². The Kier molecular flexibility index (Phi) is 5.46. The zero-order valence-electron chi connectivity index (χ0n) is 12.6. The molecule has 0 atom stereocenters. The second kappa shape index (κ2) is 7.11. The second-order valence-corrected chi connectivity index (χ2v) is 6.16. The molecule has 0 amide bonds. The van der Waals surface area contributed by atoms with Gasteiger partial charge in [-0.3, -0.25) is 4.90 Å². The molecule has 3 heteroatoms. The first-order valence-electron chi connectivity index (χ1n) is 7.60. The maximum Gasteiger partial charge on any atom is 0.118 e. The number of aryl methyl sites for hydroxylation is 1. The second-order valence-electron chi connectivity index (χ2n) is 6.16. The lowest BCUT2D eigenvalue weighted by molar-refractivity contribution is 0.265. The number of rotatable bonds is 6. The molecule has 1 aromatic rings. The Morgan fingerprint density at radius 3 is 2.63 bits per heavy atom. The summed E-state index contributed by atoms with van der Waals surface area (Å²) in [7, 11) is 2.16. The van der Waals surface area contributed by atoms with Gasteiger partial charge in [0, 0.05) is 19.1 Å². The third-order valence-corrected chi connectivity index (χ3v) is 4.16. The molecule has 1 N–H and O–H groups in total. The lowest BCUT2D eigenvalue weighted by Crippen LogP contribution is -2.37. The Morgan fingerprint density at radius 2 is 2.00 bits per heavy atom. The van der Waals surface area contributed by atoms with Crippen LogP contribution in [0.15, 0.2) is 16.5 Å². The van der Waals surface area contributed by atoms with Gasteiger partial charge in [0.15, 0.2) is 0 Å². The van der Waals surface area contributed by atoms with E-state index in [1.54, 1.807) is 0 Å². The number of nitrogens with one attached hydrogen (secondary N) is 1. The van der Waals surface area contributed by atoms with Crippen molar-refractivity contribution in [2.24, 2.45) is 5.92 Å². The third-order valence-electron chi connectivity index (χ3n) is 4.16. The van der Waals surface area contributed by atoms with E-state index < -0.39 is 0 Å². The summed E-state index contributed by atoms with van der Waals surface area (Å²) in [5.41, 5.74) is 0. The van der Waals surface area contributed by atoms with Crippen molar-refractivity contribution in [2.45, 2.75) is 52.1 Å². The van der Waals surface area contributed by atoms with Crippen LogP contribution in [-0.2, 0) is 6.54 Å². The van der Waals surface area contributed by atoms with Gasteiger partial charge in [0.05, 0.1) is 6.54 Å². The van der Waals surface area contributed by atoms with E-state index >= 15 is 0 Å². The van der Waals surface area contributed by atoms with Crippen molar-refractivity contribution in [1.29, 1.82) is 0 Å². The molecule has 0 unspecified atom stereocenters. The first-order valence-corrected chi connectivity index (χ1v) is 7.60. The zero-order chi connectivity index (χ0) is 13.7. The molecule has 0 bridgehead atoms. The van der Waals surface area contributed by atoms with Gasteiger partial charge in [0.1, 0.15) is 11.5 Å². The molecule has 2 rings (SSSR count). The van der Waals surface area contributed by atoms with Crippen LogP contribution in [0.1, 0.15) is 44.1 Å². The summed E-state index contributed by atoms with van der Waals surface area (Å²) in [6, 6.07) is 4.85. The van der Waals surface area contributed by atoms with Gasteiger partial charge >= 0.3 is 0 Å². The normalized spacial score (nSPS) is 24.0. The van der Waals surface area contributed by atoms with Crippen LogP contribution in [0.3, 0.4) is 0 Å². The number of nitrogens with zero attached hydrogens (tertiary/aromatic N) is 1. The standard InChI is InChI=1S/C16H28N2O/c1-13-4-7-15(8-5-13)17-10-11-18(3)12-16-9-6-14(2)19-16/h6,9,13,15,17H,4-5,7-8,10-12H2,1-3H3. The minimum absolute atomic E-state index is 0.746. The summed E-state index contributed by atoms with van der Waals surface area (Å²) in [4.78, 5) is 2.32. The van der Waals surface area contributed by atoms with E-state index in [2.05, 4.69) is 30.3 Å². The largest absolute Gasteiger partial charge is 0.465 e. The summed E-state index contributed by atoms with van der Waals surface area (Å²) >= 11 is 0. The summed E-state index contributed by atoms with van der Waals surface area (Å²) in [5.74, 6) is 2.99. The molecule has 1 saturated carbocycles. The van der Waals surface area contributed by atoms with Crippen LogP contribution in [-0.4, -0.2) is 31.1 Å². The monoisotopic (exact) mass is 264 g/mol. The zero-order valence-corrected chi connectivity index (χ0v) is 12.6. The van der Waals surface area contributed by atoms with Crippen LogP contribution in [0.25, 0.3) is 0 Å². The molecule has 0 spiro atoms. The quantitative estimate of drug-likeness (QED) is 0.855. The highest BCUT2D eigenvalue weighted by Crippen LogP contribution is 2.23. The number of hydrogen-bond acceptors (Lipinski definition) is 3. The fourth-order valence-corrected chi connectivity index (χ4v) is 2.84. The van der Waals surface area contributed by atoms with E-state index in [1.165, 1.54) is 25.7 Å². The van der Waals surface area contributed by atoms with Gasteiger partial charge in [-0.25, -0.2) is 0 Å². The van der Waals surface area contributed by atoms with Gasteiger partial charge in [-0.2, -0.15) is 0 Å². The van der Waals surface area contributed by atoms with Crippen molar-refractivity contribution in [1.82, 2.24) is 10.2 Å². The van der Waals surface area contributed by atoms with Crippen molar-refractivity contribution >= 4 is 0 Å². The van der Waals surface area contributed by atoms with Crippen LogP contribution in [0.2, 0.25) is 0 Å². The third kappa shape index (κ3) is 5.00. The summed E-state index contributed by atoms with van der Waals surface area (Å²) in [6.45, 7) is 7.42. The average Bonchev–Trinajstić information content (AvgIpc) is 2.77. The highest BCUT2D eigenvalue weighted by molar-refractivity contribution is 5.05. The Bertz CT molecular complexity index is 367. The fourth-order valence-electron chi connectivity index (χ4n) is 2.84. The average molecular weight is 264 g/mol. The molecule has 0 aliphatic heterocycles. The molecule has 19 heavy (non-hydrogen) atoms. The number of hydrogen-bond donors (Lipinski definition) is 1. The van der Waals surface area contributed by atoms with Crippen molar-refractivity contribution in [3.63, 3.8) is 0 Å². The van der Waals surface area contributed by atoms with Crippen molar-refractivity contribution in [2.75, 3.05) is 20.1 Å². The van der Waals surface area contributed by atoms with Gasteiger partial charge in [-0.1, -0.05) is 6.92 Å². The number of furan rings is 1. The molecule has 1 heterocycles. The van der Waals surface area contributed by atoms with Gasteiger partial charge in [0.2, 0.25) is 0 Å². The molecule has 0 aromatic carbocycles.